The minimum atomic E-state index is -0.899. The third-order valence-corrected chi connectivity index (χ3v) is 4.83. The molecule has 0 saturated heterocycles. The standard InChI is InChI=1S/C21H18F2N4O3/c1-27-18-4-2-3-5-19(18)30-11-17(21(27)29)24-20(28)16-10-14(25-26-16)8-12-6-7-13(22)9-15(12)23/h2-7,9-10,17H,8,11H2,1H3,(H,24,28)(H,25,26). The molecule has 2 amide bonds. The minimum absolute atomic E-state index is 0.0238. The van der Waals surface area contributed by atoms with Crippen LogP contribution >= 0.6 is 0 Å². The first-order valence-corrected chi connectivity index (χ1v) is 9.21. The number of aromatic amines is 1. The van der Waals surface area contributed by atoms with E-state index in [0.29, 0.717) is 17.1 Å². The smallest absolute Gasteiger partial charge is 0.272 e. The number of nitrogens with zero attached hydrogens (tertiary/aromatic N) is 2. The van der Waals surface area contributed by atoms with Gasteiger partial charge >= 0.3 is 0 Å². The van der Waals surface area contributed by atoms with Crippen LogP contribution in [0.5, 0.6) is 5.75 Å². The van der Waals surface area contributed by atoms with Gasteiger partial charge in [-0.25, -0.2) is 8.78 Å². The predicted octanol–water partition coefficient (Wildman–Crippen LogP) is 2.43. The van der Waals surface area contributed by atoms with Gasteiger partial charge in [-0.3, -0.25) is 14.7 Å². The number of anilines is 1. The van der Waals surface area contributed by atoms with Gasteiger partial charge in [0, 0.05) is 25.2 Å². The van der Waals surface area contributed by atoms with E-state index < -0.39 is 23.6 Å². The Balaban J connectivity index is 1.45. The zero-order chi connectivity index (χ0) is 21.3. The van der Waals surface area contributed by atoms with Crippen molar-refractivity contribution in [3.05, 3.63) is 77.1 Å². The Morgan fingerprint density at radius 3 is 2.87 bits per heavy atom. The summed E-state index contributed by atoms with van der Waals surface area (Å²) < 4.78 is 32.5. The fourth-order valence-corrected chi connectivity index (χ4v) is 3.23. The molecule has 154 valence electrons. The van der Waals surface area contributed by atoms with E-state index >= 15 is 0 Å². The Morgan fingerprint density at radius 1 is 1.27 bits per heavy atom. The molecular weight excluding hydrogens is 394 g/mol. The molecule has 0 radical (unpaired) electrons. The second-order valence-electron chi connectivity index (χ2n) is 6.89. The number of benzene rings is 2. The molecule has 2 N–H and O–H groups in total. The van der Waals surface area contributed by atoms with Gasteiger partial charge in [-0.2, -0.15) is 5.10 Å². The molecule has 1 aromatic heterocycles. The monoisotopic (exact) mass is 412 g/mol. The number of carbonyl (C=O) groups excluding carboxylic acids is 2. The number of hydrogen-bond donors (Lipinski definition) is 2. The van der Waals surface area contributed by atoms with Crippen LogP contribution < -0.4 is 15.0 Å². The number of rotatable bonds is 4. The van der Waals surface area contributed by atoms with E-state index in [0.717, 1.165) is 12.1 Å². The first-order valence-electron chi connectivity index (χ1n) is 9.21. The molecule has 0 aliphatic carbocycles. The van der Waals surface area contributed by atoms with E-state index in [1.54, 1.807) is 31.3 Å². The molecule has 1 atom stereocenters. The summed E-state index contributed by atoms with van der Waals surface area (Å²) in [6.07, 6.45) is 0.107. The first kappa shape index (κ1) is 19.6. The highest BCUT2D eigenvalue weighted by Gasteiger charge is 2.31. The van der Waals surface area contributed by atoms with Crippen molar-refractivity contribution in [3.63, 3.8) is 0 Å². The molecule has 9 heteroatoms. The lowest BCUT2D eigenvalue weighted by Gasteiger charge is -2.19. The molecular formula is C21H18F2N4O3. The van der Waals surface area contributed by atoms with Crippen LogP contribution in [0, 0.1) is 11.6 Å². The number of likely N-dealkylation sites (N-methyl/N-ethyl adjacent to an activating group) is 1. The number of para-hydroxylation sites is 2. The summed E-state index contributed by atoms with van der Waals surface area (Å²) in [4.78, 5) is 26.7. The maximum atomic E-state index is 13.8. The van der Waals surface area contributed by atoms with Gasteiger partial charge in [-0.1, -0.05) is 18.2 Å². The number of fused-ring (bicyclic) bond motifs is 1. The molecule has 0 spiro atoms. The number of aromatic nitrogens is 2. The summed E-state index contributed by atoms with van der Waals surface area (Å²) >= 11 is 0. The van der Waals surface area contributed by atoms with Crippen LogP contribution in [0.3, 0.4) is 0 Å². The average Bonchev–Trinajstić information content (AvgIpc) is 3.17. The summed E-state index contributed by atoms with van der Waals surface area (Å²) in [6.45, 7) is -0.0238. The lowest BCUT2D eigenvalue weighted by atomic mass is 10.1. The maximum absolute atomic E-state index is 13.8. The Morgan fingerprint density at radius 2 is 2.07 bits per heavy atom. The predicted molar refractivity (Wildman–Crippen MR) is 104 cm³/mol. The van der Waals surface area contributed by atoms with Crippen LogP contribution in [0.1, 0.15) is 21.7 Å². The highest BCUT2D eigenvalue weighted by molar-refractivity contribution is 6.02. The van der Waals surface area contributed by atoms with Gasteiger partial charge in [0.25, 0.3) is 11.8 Å². The second-order valence-corrected chi connectivity index (χ2v) is 6.89. The zero-order valence-corrected chi connectivity index (χ0v) is 16.0. The molecule has 30 heavy (non-hydrogen) atoms. The second kappa shape index (κ2) is 7.94. The van der Waals surface area contributed by atoms with Crippen molar-refractivity contribution < 1.29 is 23.1 Å². The van der Waals surface area contributed by atoms with Gasteiger partial charge in [0.2, 0.25) is 0 Å². The first-order chi connectivity index (χ1) is 14.4. The maximum Gasteiger partial charge on any atom is 0.272 e. The van der Waals surface area contributed by atoms with Crippen molar-refractivity contribution in [2.45, 2.75) is 12.5 Å². The molecule has 4 rings (SSSR count). The van der Waals surface area contributed by atoms with E-state index in [-0.39, 0.29) is 30.2 Å². The Kier molecular flexibility index (Phi) is 5.18. The number of halogens is 2. The molecule has 1 aliphatic heterocycles. The third kappa shape index (κ3) is 3.86. The van der Waals surface area contributed by atoms with E-state index in [9.17, 15) is 18.4 Å². The highest BCUT2D eigenvalue weighted by atomic mass is 19.1. The van der Waals surface area contributed by atoms with E-state index in [4.69, 9.17) is 4.74 Å². The van der Waals surface area contributed by atoms with E-state index in [2.05, 4.69) is 15.5 Å². The van der Waals surface area contributed by atoms with Crippen molar-refractivity contribution in [1.29, 1.82) is 0 Å². The van der Waals surface area contributed by atoms with Crippen LogP contribution in [-0.2, 0) is 11.2 Å². The fraction of sp³-hybridized carbons (Fsp3) is 0.190. The van der Waals surface area contributed by atoms with Gasteiger partial charge in [-0.15, -0.1) is 0 Å². The van der Waals surface area contributed by atoms with Crippen molar-refractivity contribution in [2.75, 3.05) is 18.6 Å². The van der Waals surface area contributed by atoms with Gasteiger partial charge in [0.1, 0.15) is 35.7 Å². The summed E-state index contributed by atoms with van der Waals surface area (Å²) in [5, 5.41) is 9.22. The summed E-state index contributed by atoms with van der Waals surface area (Å²) in [5.74, 6) is -1.69. The molecule has 0 saturated carbocycles. The number of carbonyl (C=O) groups is 2. The van der Waals surface area contributed by atoms with Crippen molar-refractivity contribution in [3.8, 4) is 5.75 Å². The Hall–Kier alpha value is -3.75. The normalized spacial score (nSPS) is 15.9. The number of H-pyrrole nitrogens is 1. The van der Waals surface area contributed by atoms with Crippen LogP contribution in [0.2, 0.25) is 0 Å². The van der Waals surface area contributed by atoms with Crippen LogP contribution in [0.25, 0.3) is 0 Å². The highest BCUT2D eigenvalue weighted by Crippen LogP contribution is 2.29. The minimum Gasteiger partial charge on any atom is -0.489 e. The van der Waals surface area contributed by atoms with Gasteiger partial charge < -0.3 is 15.0 Å². The van der Waals surface area contributed by atoms with Crippen LogP contribution in [-0.4, -0.2) is 41.7 Å². The molecule has 3 aromatic rings. The molecule has 0 bridgehead atoms. The summed E-state index contributed by atoms with van der Waals surface area (Å²) in [5.41, 5.74) is 1.39. The van der Waals surface area contributed by atoms with Crippen molar-refractivity contribution >= 4 is 17.5 Å². The van der Waals surface area contributed by atoms with Gasteiger partial charge in [-0.05, 0) is 29.8 Å². The molecule has 7 nitrogen and oxygen atoms in total. The molecule has 1 unspecified atom stereocenters. The number of ether oxygens (including phenoxy) is 1. The fourth-order valence-electron chi connectivity index (χ4n) is 3.23. The van der Waals surface area contributed by atoms with Crippen LogP contribution in [0.15, 0.2) is 48.5 Å². The van der Waals surface area contributed by atoms with Gasteiger partial charge in [0.05, 0.1) is 5.69 Å². The molecule has 2 heterocycles. The SMILES string of the molecule is CN1C(=O)C(NC(=O)c2cc(Cc3ccc(F)cc3F)[nH]n2)COc2ccccc21. The largest absolute Gasteiger partial charge is 0.489 e. The molecule has 0 fully saturated rings. The lowest BCUT2D eigenvalue weighted by Crippen LogP contribution is -2.49. The lowest BCUT2D eigenvalue weighted by molar-refractivity contribution is -0.120. The Labute approximate surface area is 170 Å². The number of amides is 2. The topological polar surface area (TPSA) is 87.3 Å². The molecule has 1 aliphatic rings. The zero-order valence-electron chi connectivity index (χ0n) is 16.0. The number of hydrogen-bond acceptors (Lipinski definition) is 4. The quantitative estimate of drug-likeness (QED) is 0.689. The Bertz CT molecular complexity index is 1120. The van der Waals surface area contributed by atoms with E-state index in [1.807, 2.05) is 0 Å². The molecule has 2 aromatic carbocycles. The summed E-state index contributed by atoms with van der Waals surface area (Å²) in [7, 11) is 1.61. The van der Waals surface area contributed by atoms with Crippen LogP contribution in [0.4, 0.5) is 14.5 Å². The summed E-state index contributed by atoms with van der Waals surface area (Å²) in [6, 6.07) is 10.9. The van der Waals surface area contributed by atoms with Gasteiger partial charge in [0.15, 0.2) is 0 Å². The van der Waals surface area contributed by atoms with Crippen molar-refractivity contribution in [2.24, 2.45) is 0 Å². The van der Waals surface area contributed by atoms with E-state index in [1.165, 1.54) is 17.0 Å². The number of nitrogens with one attached hydrogen (secondary N) is 2. The third-order valence-electron chi connectivity index (χ3n) is 4.83. The van der Waals surface area contributed by atoms with Crippen molar-refractivity contribution in [1.82, 2.24) is 15.5 Å². The average molecular weight is 412 g/mol.